The number of Topliss-reactive ketones (excluding diaryl/α,β-unsaturated/α-hetero) is 1. The van der Waals surface area contributed by atoms with Gasteiger partial charge in [0.25, 0.3) is 5.78 Å². The molecule has 4 aliphatic rings. The Labute approximate surface area is 280 Å². The first-order chi connectivity index (χ1) is 21.4. The van der Waals surface area contributed by atoms with Gasteiger partial charge in [-0.1, -0.05) is 65.5 Å². The van der Waals surface area contributed by atoms with Crippen molar-refractivity contribution in [3.63, 3.8) is 0 Å². The van der Waals surface area contributed by atoms with Gasteiger partial charge in [-0.3, -0.25) is 9.59 Å². The van der Waals surface area contributed by atoms with Gasteiger partial charge in [0.1, 0.15) is 12.5 Å². The molecule has 46 heavy (non-hydrogen) atoms. The molecule has 1 N–H and O–H groups in total. The van der Waals surface area contributed by atoms with E-state index in [1.807, 2.05) is 0 Å². The number of quaternary nitrogens is 1. The number of carbonyl (C=O) groups is 3. The fourth-order valence-corrected chi connectivity index (χ4v) is 10.6. The van der Waals surface area contributed by atoms with Crippen LogP contribution in [0.2, 0.25) is 0 Å². The lowest BCUT2D eigenvalue weighted by atomic mass is 9.46. The van der Waals surface area contributed by atoms with Crippen LogP contribution in [0.25, 0.3) is 0 Å². The van der Waals surface area contributed by atoms with Crippen molar-refractivity contribution in [1.29, 1.82) is 0 Å². The second-order valence-corrected chi connectivity index (χ2v) is 18.0. The van der Waals surface area contributed by atoms with Gasteiger partial charge in [0.05, 0.1) is 27.7 Å². The number of likely N-dealkylation sites (N-methyl/N-ethyl adjacent to an activating group) is 2. The number of allylic oxidation sites excluding steroid dienone is 1. The van der Waals surface area contributed by atoms with E-state index in [0.29, 0.717) is 23.7 Å². The summed E-state index contributed by atoms with van der Waals surface area (Å²) in [6.07, 6.45) is 14.3. The van der Waals surface area contributed by atoms with E-state index in [1.54, 1.807) is 0 Å². The van der Waals surface area contributed by atoms with Crippen molar-refractivity contribution in [2.75, 3.05) is 47.8 Å². The van der Waals surface area contributed by atoms with Crippen LogP contribution in [0.15, 0.2) is 11.6 Å². The number of carboxylic acids is 1. The molecule has 0 aliphatic heterocycles. The minimum Gasteiger partial charge on any atom is -0.481 e. The summed E-state index contributed by atoms with van der Waals surface area (Å²) in [5.41, 5.74) is 1.92. The van der Waals surface area contributed by atoms with Crippen LogP contribution in [0.4, 0.5) is 0 Å². The van der Waals surface area contributed by atoms with Gasteiger partial charge in [0.15, 0.2) is 0 Å². The molecule has 0 aromatic heterocycles. The molecule has 4 rings (SSSR count). The minimum atomic E-state index is -1.29. The van der Waals surface area contributed by atoms with E-state index in [4.69, 9.17) is 9.84 Å². The van der Waals surface area contributed by atoms with Crippen LogP contribution in [-0.2, 0) is 19.1 Å². The molecule has 3 saturated carbocycles. The van der Waals surface area contributed by atoms with Crippen molar-refractivity contribution < 1.29 is 28.7 Å². The molecule has 262 valence electrons. The van der Waals surface area contributed by atoms with E-state index in [-0.39, 0.29) is 17.4 Å². The fourth-order valence-electron chi connectivity index (χ4n) is 10.6. The Morgan fingerprint density at radius 3 is 2.41 bits per heavy atom. The number of esters is 1. The van der Waals surface area contributed by atoms with Crippen molar-refractivity contribution in [2.45, 2.75) is 118 Å². The maximum absolute atomic E-state index is 12.8. The Balaban J connectivity index is 1.51. The Hall–Kier alpha value is -1.73. The number of hydrogen-bond acceptors (Lipinski definition) is 5. The highest BCUT2D eigenvalue weighted by Gasteiger charge is 2.60. The van der Waals surface area contributed by atoms with Crippen LogP contribution in [0.3, 0.4) is 0 Å². The number of aliphatic carboxylic acids is 1. The summed E-state index contributed by atoms with van der Waals surface area (Å²) < 4.78 is 6.81. The van der Waals surface area contributed by atoms with Crippen molar-refractivity contribution in [3.05, 3.63) is 11.6 Å². The number of rotatable bonds is 15. The summed E-state index contributed by atoms with van der Waals surface area (Å²) in [7, 11) is 8.80. The quantitative estimate of drug-likeness (QED) is 0.0666. The van der Waals surface area contributed by atoms with Gasteiger partial charge in [-0.05, 0) is 111 Å². The third kappa shape index (κ3) is 8.46. The lowest BCUT2D eigenvalue weighted by molar-refractivity contribution is -0.869. The normalized spacial score (nSPS) is 34.8. The van der Waals surface area contributed by atoms with Gasteiger partial charge in [-0.25, -0.2) is 4.79 Å². The molecule has 0 radical (unpaired) electrons. The fraction of sp³-hybridized carbons (Fsp3) is 0.872. The molecular weight excluding hydrogens is 576 g/mol. The van der Waals surface area contributed by atoms with Crippen LogP contribution in [0, 0.1) is 52.3 Å². The van der Waals surface area contributed by atoms with Crippen LogP contribution in [0.1, 0.15) is 112 Å². The van der Waals surface area contributed by atoms with Crippen LogP contribution >= 0.6 is 0 Å². The van der Waals surface area contributed by atoms with Crippen molar-refractivity contribution >= 4 is 17.7 Å². The van der Waals surface area contributed by atoms with Crippen molar-refractivity contribution in [1.82, 2.24) is 4.90 Å². The number of hydrogen-bond donors (Lipinski definition) is 1. The molecule has 0 saturated heterocycles. The van der Waals surface area contributed by atoms with Gasteiger partial charge < -0.3 is 19.2 Å². The van der Waals surface area contributed by atoms with Gasteiger partial charge in [0, 0.05) is 13.0 Å². The average molecular weight is 644 g/mol. The van der Waals surface area contributed by atoms with Gasteiger partial charge >= 0.3 is 11.9 Å². The molecule has 9 atom stereocenters. The van der Waals surface area contributed by atoms with Crippen LogP contribution in [0.5, 0.6) is 0 Å². The molecule has 7 heteroatoms. The zero-order valence-corrected chi connectivity index (χ0v) is 30.8. The molecule has 4 unspecified atom stereocenters. The number of fused-ring (bicyclic) bond motifs is 5. The maximum atomic E-state index is 12.8. The van der Waals surface area contributed by atoms with Gasteiger partial charge in [-0.15, -0.1) is 0 Å². The summed E-state index contributed by atoms with van der Waals surface area (Å²) in [6, 6.07) is 0. The molecule has 0 aromatic rings. The molecule has 7 nitrogen and oxygen atoms in total. The lowest BCUT2D eigenvalue weighted by Gasteiger charge is -2.59. The summed E-state index contributed by atoms with van der Waals surface area (Å²) in [5, 5.41) is 9.08. The second-order valence-electron chi connectivity index (χ2n) is 18.0. The molecule has 3 fully saturated rings. The summed E-state index contributed by atoms with van der Waals surface area (Å²) in [6.45, 7) is 15.3. The SMILES string of the molecule is CC(C)CCC[C@@H](C)[C@H]1CCC2C3CC=C4C[C@@H](OC(=O)C(=O)CC(=O)O)C(CCN(C)CC[N+](C)(C)C)C[C@]4(C)C3CC[C@@]21C. The highest BCUT2D eigenvalue weighted by molar-refractivity contribution is 6.36. The zero-order valence-electron chi connectivity index (χ0n) is 30.8. The highest BCUT2D eigenvalue weighted by Crippen LogP contribution is 2.68. The number of nitrogens with zero attached hydrogens (tertiary/aromatic N) is 2. The molecular formula is C39H67N2O5+. The smallest absolute Gasteiger partial charge is 0.375 e. The Morgan fingerprint density at radius 1 is 1.04 bits per heavy atom. The average Bonchev–Trinajstić information content (AvgIpc) is 3.31. The summed E-state index contributed by atoms with van der Waals surface area (Å²) in [4.78, 5) is 38.6. The highest BCUT2D eigenvalue weighted by atomic mass is 16.5. The first-order valence-corrected chi connectivity index (χ1v) is 18.6. The van der Waals surface area contributed by atoms with E-state index in [1.165, 1.54) is 50.5 Å². The standard InChI is InChI=1S/C39H66N2O5/c1-26(2)11-10-12-27(3)31-15-16-32-30-14-13-29-23-35(46-37(45)34(42)24-36(43)44)28(18-20-40(6)21-22-41(7,8)9)25-39(29,5)33(30)17-19-38(31,32)4/h13,26-28,30-33,35H,10-12,14-25H2,1-9H3/p+1/t27-,28?,30?,31-,32?,33?,35-,38-,39+/m1/s1. The Kier molecular flexibility index (Phi) is 11.9. The predicted octanol–water partition coefficient (Wildman–Crippen LogP) is 7.24. The van der Waals surface area contributed by atoms with Crippen molar-refractivity contribution in [2.24, 2.45) is 52.3 Å². The molecule has 0 heterocycles. The second kappa shape index (κ2) is 14.8. The first kappa shape index (κ1) is 37.1. The van der Waals surface area contributed by atoms with Crippen LogP contribution < -0.4 is 0 Å². The van der Waals surface area contributed by atoms with E-state index in [2.05, 4.69) is 73.8 Å². The number of carbonyl (C=O) groups excluding carboxylic acids is 2. The van der Waals surface area contributed by atoms with E-state index >= 15 is 0 Å². The molecule has 0 amide bonds. The number of carboxylic acid groups (broad SMARTS) is 1. The molecule has 0 spiro atoms. The summed E-state index contributed by atoms with van der Waals surface area (Å²) in [5.74, 6) is 1.45. The third-order valence-electron chi connectivity index (χ3n) is 13.3. The Bertz CT molecular complexity index is 1130. The van der Waals surface area contributed by atoms with E-state index in [0.717, 1.165) is 67.1 Å². The predicted molar refractivity (Wildman–Crippen MR) is 184 cm³/mol. The maximum Gasteiger partial charge on any atom is 0.375 e. The van der Waals surface area contributed by atoms with E-state index in [9.17, 15) is 14.4 Å². The van der Waals surface area contributed by atoms with Crippen molar-refractivity contribution in [3.8, 4) is 0 Å². The molecule has 4 aliphatic carbocycles. The summed E-state index contributed by atoms with van der Waals surface area (Å²) >= 11 is 0. The number of ketones is 1. The number of ether oxygens (including phenoxy) is 1. The lowest BCUT2D eigenvalue weighted by Crippen LogP contribution is -2.53. The largest absolute Gasteiger partial charge is 0.481 e. The third-order valence-corrected chi connectivity index (χ3v) is 13.3. The first-order valence-electron chi connectivity index (χ1n) is 18.6. The Morgan fingerprint density at radius 2 is 1.76 bits per heavy atom. The topological polar surface area (TPSA) is 83.9 Å². The molecule has 0 bridgehead atoms. The van der Waals surface area contributed by atoms with Crippen LogP contribution in [-0.4, -0.2) is 86.1 Å². The minimum absolute atomic E-state index is 0.0741. The zero-order chi connectivity index (χ0) is 34.0. The monoisotopic (exact) mass is 644 g/mol. The molecule has 0 aromatic carbocycles. The van der Waals surface area contributed by atoms with Gasteiger partial charge in [0.2, 0.25) is 0 Å². The van der Waals surface area contributed by atoms with Gasteiger partial charge in [-0.2, -0.15) is 0 Å². The van der Waals surface area contributed by atoms with E-state index < -0.39 is 24.1 Å².